The molecule has 1 aliphatic rings. The molecule has 3 nitrogen and oxygen atoms in total. The van der Waals surface area contributed by atoms with Crippen LogP contribution in [-0.2, 0) is 25.5 Å². The Bertz CT molecular complexity index is 1490. The summed E-state index contributed by atoms with van der Waals surface area (Å²) in [6.07, 6.45) is 7.08. The van der Waals surface area contributed by atoms with Gasteiger partial charge in [0.1, 0.15) is 5.76 Å². The van der Waals surface area contributed by atoms with Crippen molar-refractivity contribution in [2.75, 3.05) is 0 Å². The molecule has 0 amide bonds. The van der Waals surface area contributed by atoms with Crippen molar-refractivity contribution < 1.29 is 30.0 Å². The summed E-state index contributed by atoms with van der Waals surface area (Å²) in [6.45, 7) is 15.0. The molecule has 5 rings (SSSR count). The predicted octanol–water partition coefficient (Wildman–Crippen LogP) is 9.13. The molecule has 0 unspecified atom stereocenters. The van der Waals surface area contributed by atoms with Crippen molar-refractivity contribution in [1.82, 2.24) is 4.98 Å². The number of aromatic nitrogens is 1. The van der Waals surface area contributed by atoms with Crippen LogP contribution >= 0.6 is 0 Å². The fourth-order valence-electron chi connectivity index (χ4n) is 5.98. The van der Waals surface area contributed by atoms with Crippen molar-refractivity contribution in [2.45, 2.75) is 79.6 Å². The first kappa shape index (κ1) is 30.0. The molecule has 0 bridgehead atoms. The van der Waals surface area contributed by atoms with Gasteiger partial charge in [-0.3, -0.25) is 4.79 Å². The summed E-state index contributed by atoms with van der Waals surface area (Å²) in [5.74, 6) is 1.01. The van der Waals surface area contributed by atoms with Crippen molar-refractivity contribution in [3.63, 3.8) is 0 Å². The predicted molar refractivity (Wildman–Crippen MR) is 158 cm³/mol. The summed E-state index contributed by atoms with van der Waals surface area (Å²) in [5, 5.41) is 16.3. The Labute approximate surface area is 241 Å². The van der Waals surface area contributed by atoms with E-state index >= 15 is 0 Å². The van der Waals surface area contributed by atoms with Crippen LogP contribution in [0.4, 0.5) is 0 Å². The number of hydrogen-bond acceptors (Lipinski definition) is 2. The third-order valence-electron chi connectivity index (χ3n) is 8.30. The van der Waals surface area contributed by atoms with Gasteiger partial charge in [-0.25, -0.2) is 0 Å². The minimum atomic E-state index is 0. The molecule has 0 atom stereocenters. The number of benzene rings is 3. The van der Waals surface area contributed by atoms with E-state index in [4.69, 9.17) is 0 Å². The Balaban J connectivity index is 0.000000223. The Kier molecular flexibility index (Phi) is 9.55. The third kappa shape index (κ3) is 5.18. The minimum Gasteiger partial charge on any atom is -0.512 e. The van der Waals surface area contributed by atoms with Gasteiger partial charge >= 0.3 is 5.78 Å². The van der Waals surface area contributed by atoms with E-state index in [2.05, 4.69) is 62.2 Å². The Morgan fingerprint density at radius 1 is 0.947 bits per heavy atom. The molecule has 0 aliphatic heterocycles. The number of aryl methyl sites for hydroxylation is 1. The van der Waals surface area contributed by atoms with Crippen molar-refractivity contribution in [3.05, 3.63) is 77.2 Å². The SMILES string of the molecule is CCC(CC)C(=[OH+])/C=C(\O)C(CC)CC.Cc1[c-]c2c3ncccc3c3cccc4c3c2c(c1)C4(C)C.[Ir]. The van der Waals surface area contributed by atoms with Crippen molar-refractivity contribution >= 4 is 38.2 Å². The number of fused-ring (bicyclic) bond motifs is 3. The Morgan fingerprint density at radius 3 is 2.21 bits per heavy atom. The fourth-order valence-corrected chi connectivity index (χ4v) is 5.98. The summed E-state index contributed by atoms with van der Waals surface area (Å²) in [6, 6.07) is 16.8. The number of nitrogens with zero attached hydrogens (tertiary/aromatic N) is 1. The van der Waals surface area contributed by atoms with E-state index in [0.29, 0.717) is 11.5 Å². The van der Waals surface area contributed by atoms with Crippen LogP contribution < -0.4 is 0 Å². The first-order valence-corrected chi connectivity index (χ1v) is 13.8. The van der Waals surface area contributed by atoms with Gasteiger partial charge in [0.15, 0.2) is 0 Å². The summed E-state index contributed by atoms with van der Waals surface area (Å²) < 4.78 is 0. The molecule has 1 radical (unpaired) electrons. The molecular formula is C34H41IrNO2. The molecule has 203 valence electrons. The molecule has 0 spiro atoms. The molecule has 3 aromatic carbocycles. The Hall–Kier alpha value is -2.55. The second kappa shape index (κ2) is 12.1. The van der Waals surface area contributed by atoms with E-state index in [1.807, 2.05) is 40.0 Å². The Morgan fingerprint density at radius 2 is 1.58 bits per heavy atom. The van der Waals surface area contributed by atoms with E-state index in [9.17, 15) is 9.90 Å². The molecule has 2 N–H and O–H groups in total. The van der Waals surface area contributed by atoms with E-state index in [-0.39, 0.29) is 37.4 Å². The minimum absolute atomic E-state index is 0. The molecule has 0 saturated carbocycles. The van der Waals surface area contributed by atoms with Crippen LogP contribution in [0.3, 0.4) is 0 Å². The van der Waals surface area contributed by atoms with Gasteiger partial charge in [0, 0.05) is 32.2 Å². The number of pyridine rings is 1. The zero-order valence-corrected chi connectivity index (χ0v) is 26.2. The summed E-state index contributed by atoms with van der Waals surface area (Å²) in [5.41, 5.74) is 5.14. The van der Waals surface area contributed by atoms with Gasteiger partial charge in [-0.15, -0.1) is 28.6 Å². The zero-order valence-electron chi connectivity index (χ0n) is 23.8. The number of rotatable bonds is 7. The molecule has 0 fully saturated rings. The van der Waals surface area contributed by atoms with Gasteiger partial charge in [0.2, 0.25) is 0 Å². The molecule has 1 heterocycles. The van der Waals surface area contributed by atoms with Gasteiger partial charge in [0.05, 0.1) is 12.0 Å². The van der Waals surface area contributed by atoms with Gasteiger partial charge in [-0.2, -0.15) is 0 Å². The molecule has 0 saturated heterocycles. The summed E-state index contributed by atoms with van der Waals surface area (Å²) >= 11 is 0. The quantitative estimate of drug-likeness (QED) is 0.0693. The molecule has 4 aromatic rings. The van der Waals surface area contributed by atoms with Crippen LogP contribution in [0, 0.1) is 24.8 Å². The first-order valence-electron chi connectivity index (χ1n) is 13.8. The second-order valence-corrected chi connectivity index (χ2v) is 10.9. The smallest absolute Gasteiger partial charge is 0.322 e. The van der Waals surface area contributed by atoms with E-state index < -0.39 is 0 Å². The maximum atomic E-state index is 9.80. The molecule has 38 heavy (non-hydrogen) atoms. The van der Waals surface area contributed by atoms with Crippen LogP contribution in [-0.4, -0.2) is 20.7 Å². The monoisotopic (exact) mass is 688 g/mol. The molecule has 1 aromatic heterocycles. The second-order valence-electron chi connectivity index (χ2n) is 10.9. The number of aliphatic hydroxyl groups is 1. The standard InChI is InChI=1S/C21H16N.C13H24O2.Ir/c1-12-10-15-19-17(11-12)21(2,3)16-8-4-6-13(18(16)19)14-7-5-9-22-20(14)15;1-5-10(6-2)12(14)9-13(15)11(7-3)8-4;/h4-9,11H,1-3H3;9-11,14H,5-8H2,1-4H3;/q-1;;/p+1/b;12-9-;. The molecule has 1 aliphatic carbocycles. The number of hydrogen-bond donors (Lipinski definition) is 1. The van der Waals surface area contributed by atoms with Crippen LogP contribution in [0.2, 0.25) is 0 Å². The zero-order chi connectivity index (χ0) is 26.9. The van der Waals surface area contributed by atoms with Crippen molar-refractivity contribution in [3.8, 4) is 0 Å². The fraction of sp³-hybridized carbons (Fsp3) is 0.412. The largest absolute Gasteiger partial charge is 0.512 e. The van der Waals surface area contributed by atoms with E-state index in [0.717, 1.165) is 31.2 Å². The van der Waals surface area contributed by atoms with E-state index in [1.165, 1.54) is 43.6 Å². The van der Waals surface area contributed by atoms with Crippen LogP contribution in [0.15, 0.2) is 54.4 Å². The van der Waals surface area contributed by atoms with Gasteiger partial charge in [-0.05, 0) is 64.4 Å². The number of ketones is 1. The molecule has 4 heteroatoms. The molecular weight excluding hydrogens is 647 g/mol. The number of aliphatic hydroxyl groups excluding tert-OH is 1. The summed E-state index contributed by atoms with van der Waals surface area (Å²) in [7, 11) is 0. The first-order chi connectivity index (χ1) is 17.7. The maximum Gasteiger partial charge on any atom is 0.322 e. The average Bonchev–Trinajstić information content (AvgIpc) is 3.12. The van der Waals surface area contributed by atoms with E-state index in [1.54, 1.807) is 6.08 Å². The van der Waals surface area contributed by atoms with Gasteiger partial charge in [-0.1, -0.05) is 78.1 Å². The van der Waals surface area contributed by atoms with Crippen LogP contribution in [0.25, 0.3) is 32.4 Å². The van der Waals surface area contributed by atoms with Crippen molar-refractivity contribution in [2.24, 2.45) is 11.8 Å². The summed E-state index contributed by atoms with van der Waals surface area (Å²) in [4.78, 5) is 14.5. The normalized spacial score (nSPS) is 13.9. The topological polar surface area (TPSA) is 54.5 Å². The van der Waals surface area contributed by atoms with Gasteiger partial charge in [0.25, 0.3) is 0 Å². The van der Waals surface area contributed by atoms with Crippen molar-refractivity contribution in [1.29, 1.82) is 0 Å². The third-order valence-corrected chi connectivity index (χ3v) is 8.30. The van der Waals surface area contributed by atoms with Crippen LogP contribution in [0.5, 0.6) is 0 Å². The average molecular weight is 688 g/mol. The van der Waals surface area contributed by atoms with Crippen LogP contribution in [0.1, 0.15) is 83.9 Å². The van der Waals surface area contributed by atoms with Gasteiger partial charge < -0.3 is 10.1 Å². The number of carbonyl (C=O) groups excluding carboxylic acids is 1. The number of allylic oxidation sites excluding steroid dienone is 2. The maximum absolute atomic E-state index is 9.80.